The molecule has 0 unspecified atom stereocenters. The minimum absolute atomic E-state index is 0.165. The molecular weight excluding hydrogens is 234 g/mol. The molecule has 0 heterocycles. The minimum Gasteiger partial charge on any atom is -0.370 e. The zero-order valence-electron chi connectivity index (χ0n) is 13.0. The Kier molecular flexibility index (Phi) is 6.15. The Labute approximate surface area is 119 Å². The van der Waals surface area contributed by atoms with Crippen molar-refractivity contribution in [3.05, 3.63) is 0 Å². The van der Waals surface area contributed by atoms with Gasteiger partial charge in [0.2, 0.25) is 0 Å². The summed E-state index contributed by atoms with van der Waals surface area (Å²) in [4.78, 5) is 0. The van der Waals surface area contributed by atoms with Crippen LogP contribution < -0.4 is 5.32 Å². The molecule has 2 aliphatic carbocycles. The van der Waals surface area contributed by atoms with Gasteiger partial charge in [-0.3, -0.25) is 0 Å². The minimum atomic E-state index is 0.165. The highest BCUT2D eigenvalue weighted by Gasteiger charge is 2.35. The number of ether oxygens (including phenoxy) is 1. The van der Waals surface area contributed by atoms with E-state index in [2.05, 4.69) is 19.2 Å². The van der Waals surface area contributed by atoms with Gasteiger partial charge in [-0.05, 0) is 57.4 Å². The van der Waals surface area contributed by atoms with Gasteiger partial charge in [-0.25, -0.2) is 0 Å². The quantitative estimate of drug-likeness (QED) is 0.725. The van der Waals surface area contributed by atoms with Crippen LogP contribution in [0.25, 0.3) is 0 Å². The van der Waals surface area contributed by atoms with Gasteiger partial charge in [-0.1, -0.05) is 33.1 Å². The largest absolute Gasteiger partial charge is 0.370 e. The fourth-order valence-corrected chi connectivity index (χ4v) is 3.73. The average molecular weight is 267 g/mol. The predicted octanol–water partition coefficient (Wildman–Crippen LogP) is 4.28. The molecule has 2 rings (SSSR count). The average Bonchev–Trinajstić information content (AvgIpc) is 2.43. The lowest BCUT2D eigenvalue weighted by molar-refractivity contribution is -0.124. The van der Waals surface area contributed by atoms with Crippen molar-refractivity contribution in [3.8, 4) is 0 Å². The van der Waals surface area contributed by atoms with E-state index in [0.29, 0.717) is 6.10 Å². The fourth-order valence-electron chi connectivity index (χ4n) is 3.73. The van der Waals surface area contributed by atoms with E-state index in [1.165, 1.54) is 64.2 Å². The van der Waals surface area contributed by atoms with Crippen molar-refractivity contribution in [2.45, 2.75) is 89.8 Å². The van der Waals surface area contributed by atoms with Crippen LogP contribution in [0.2, 0.25) is 0 Å². The first-order chi connectivity index (χ1) is 9.24. The molecule has 1 N–H and O–H groups in total. The predicted molar refractivity (Wildman–Crippen MR) is 81.5 cm³/mol. The summed E-state index contributed by atoms with van der Waals surface area (Å²) in [6.07, 6.45) is 13.7. The molecule has 0 radical (unpaired) electrons. The lowest BCUT2D eigenvalue weighted by atomic mass is 9.83. The molecule has 0 aromatic carbocycles. The smallest absolute Gasteiger partial charge is 0.0810 e. The van der Waals surface area contributed by atoms with E-state index in [1.54, 1.807) is 0 Å². The van der Waals surface area contributed by atoms with Crippen molar-refractivity contribution in [2.24, 2.45) is 5.92 Å². The maximum Gasteiger partial charge on any atom is 0.0810 e. The molecule has 0 amide bonds. The summed E-state index contributed by atoms with van der Waals surface area (Å²) in [7, 11) is 0. The van der Waals surface area contributed by atoms with Crippen LogP contribution in [0.15, 0.2) is 0 Å². The van der Waals surface area contributed by atoms with Crippen molar-refractivity contribution in [1.29, 1.82) is 0 Å². The van der Waals surface area contributed by atoms with E-state index in [-0.39, 0.29) is 5.60 Å². The molecule has 112 valence electrons. The third-order valence-electron chi connectivity index (χ3n) is 5.02. The summed E-state index contributed by atoms with van der Waals surface area (Å²) in [6.45, 7) is 6.83. The van der Waals surface area contributed by atoms with Crippen LogP contribution >= 0.6 is 0 Å². The molecule has 0 spiro atoms. The van der Waals surface area contributed by atoms with Crippen LogP contribution in [-0.4, -0.2) is 24.8 Å². The Balaban J connectivity index is 1.85. The molecule has 0 bridgehead atoms. The van der Waals surface area contributed by atoms with Gasteiger partial charge in [0.05, 0.1) is 11.7 Å². The van der Waals surface area contributed by atoms with E-state index in [9.17, 15) is 0 Å². The number of rotatable bonds is 6. The molecular formula is C17H33NO. The summed E-state index contributed by atoms with van der Waals surface area (Å²) >= 11 is 0. The van der Waals surface area contributed by atoms with Crippen molar-refractivity contribution in [1.82, 2.24) is 5.32 Å². The first-order valence-electron chi connectivity index (χ1n) is 8.63. The van der Waals surface area contributed by atoms with Crippen LogP contribution in [0.3, 0.4) is 0 Å². The normalized spacial score (nSPS) is 31.3. The molecule has 0 saturated heterocycles. The van der Waals surface area contributed by atoms with Gasteiger partial charge in [0, 0.05) is 6.54 Å². The van der Waals surface area contributed by atoms with Crippen LogP contribution in [0.1, 0.15) is 78.1 Å². The number of hydrogen-bond acceptors (Lipinski definition) is 2. The molecule has 2 aliphatic rings. The second kappa shape index (κ2) is 7.64. The topological polar surface area (TPSA) is 21.3 Å². The molecule has 0 aromatic heterocycles. The van der Waals surface area contributed by atoms with E-state index in [4.69, 9.17) is 4.74 Å². The zero-order chi connectivity index (χ0) is 13.6. The van der Waals surface area contributed by atoms with E-state index in [1.807, 2.05) is 0 Å². The van der Waals surface area contributed by atoms with Gasteiger partial charge in [0.25, 0.3) is 0 Å². The summed E-state index contributed by atoms with van der Waals surface area (Å²) < 4.78 is 6.65. The maximum absolute atomic E-state index is 6.65. The standard InChI is InChI=1S/C17H33NO/c1-3-13-18-14-17(11-5-4-6-12-17)19-16-9-7-15(2)8-10-16/h15-16,18H,3-14H2,1-2H3. The van der Waals surface area contributed by atoms with Crippen LogP contribution in [0, 0.1) is 5.92 Å². The first-order valence-corrected chi connectivity index (χ1v) is 8.63. The maximum atomic E-state index is 6.65. The van der Waals surface area contributed by atoms with Gasteiger partial charge in [0.15, 0.2) is 0 Å². The zero-order valence-corrected chi connectivity index (χ0v) is 13.0. The number of hydrogen-bond donors (Lipinski definition) is 1. The number of nitrogens with one attached hydrogen (secondary N) is 1. The lowest BCUT2D eigenvalue weighted by Crippen LogP contribution is -2.47. The van der Waals surface area contributed by atoms with E-state index < -0.39 is 0 Å². The Morgan fingerprint density at radius 2 is 1.74 bits per heavy atom. The Morgan fingerprint density at radius 3 is 2.37 bits per heavy atom. The third-order valence-corrected chi connectivity index (χ3v) is 5.02. The van der Waals surface area contributed by atoms with Crippen LogP contribution in [0.5, 0.6) is 0 Å². The highest BCUT2D eigenvalue weighted by Crippen LogP contribution is 2.36. The second-order valence-electron chi connectivity index (χ2n) is 6.92. The summed E-state index contributed by atoms with van der Waals surface area (Å²) in [5, 5.41) is 3.62. The molecule has 19 heavy (non-hydrogen) atoms. The SMILES string of the molecule is CCCNCC1(OC2CCC(C)CC2)CCCCC1. The van der Waals surface area contributed by atoms with Gasteiger partial charge in [-0.2, -0.15) is 0 Å². The highest BCUT2D eigenvalue weighted by atomic mass is 16.5. The van der Waals surface area contributed by atoms with Crippen molar-refractivity contribution < 1.29 is 4.74 Å². The molecule has 2 saturated carbocycles. The van der Waals surface area contributed by atoms with Crippen LogP contribution in [0.4, 0.5) is 0 Å². The highest BCUT2D eigenvalue weighted by molar-refractivity contribution is 4.88. The van der Waals surface area contributed by atoms with Gasteiger partial charge in [0.1, 0.15) is 0 Å². The summed E-state index contributed by atoms with van der Waals surface area (Å²) in [5.41, 5.74) is 0.165. The summed E-state index contributed by atoms with van der Waals surface area (Å²) in [6, 6.07) is 0. The molecule has 2 nitrogen and oxygen atoms in total. The molecule has 0 aromatic rings. The van der Waals surface area contributed by atoms with Gasteiger partial charge < -0.3 is 10.1 Å². The van der Waals surface area contributed by atoms with Crippen molar-refractivity contribution in [3.63, 3.8) is 0 Å². The molecule has 0 aliphatic heterocycles. The fraction of sp³-hybridized carbons (Fsp3) is 1.00. The third kappa shape index (κ3) is 4.75. The second-order valence-corrected chi connectivity index (χ2v) is 6.92. The van der Waals surface area contributed by atoms with Gasteiger partial charge in [-0.15, -0.1) is 0 Å². The van der Waals surface area contributed by atoms with E-state index in [0.717, 1.165) is 19.0 Å². The van der Waals surface area contributed by atoms with Crippen molar-refractivity contribution >= 4 is 0 Å². The Hall–Kier alpha value is -0.0800. The lowest BCUT2D eigenvalue weighted by Gasteiger charge is -2.42. The van der Waals surface area contributed by atoms with Crippen LogP contribution in [-0.2, 0) is 4.74 Å². The Morgan fingerprint density at radius 1 is 1.05 bits per heavy atom. The molecule has 2 heteroatoms. The Bertz CT molecular complexity index is 240. The monoisotopic (exact) mass is 267 g/mol. The molecule has 2 fully saturated rings. The first kappa shape index (κ1) is 15.3. The molecule has 0 atom stereocenters. The van der Waals surface area contributed by atoms with E-state index >= 15 is 0 Å². The summed E-state index contributed by atoms with van der Waals surface area (Å²) in [5.74, 6) is 0.917. The van der Waals surface area contributed by atoms with Gasteiger partial charge >= 0.3 is 0 Å². The van der Waals surface area contributed by atoms with Crippen molar-refractivity contribution in [2.75, 3.05) is 13.1 Å².